The summed E-state index contributed by atoms with van der Waals surface area (Å²) in [6, 6.07) is 0. The molecule has 1 rings (SSSR count). The summed E-state index contributed by atoms with van der Waals surface area (Å²) in [6.07, 6.45) is 37.3. The van der Waals surface area contributed by atoms with Gasteiger partial charge in [0, 0.05) is 25.2 Å². The number of carboxylic acids is 2. The third-order valence-corrected chi connectivity index (χ3v) is 6.25. The number of carbonyl (C=O) groups is 2. The van der Waals surface area contributed by atoms with Crippen LogP contribution in [0.5, 0.6) is 0 Å². The number of nitrogens with one attached hydrogen (secondary N) is 1. The van der Waals surface area contributed by atoms with Crippen molar-refractivity contribution in [3.63, 3.8) is 0 Å². The molecule has 1 aliphatic rings. The summed E-state index contributed by atoms with van der Waals surface area (Å²) in [7, 11) is 0. The minimum absolute atomic E-state index is 0.330. The Labute approximate surface area is 215 Å². The van der Waals surface area contributed by atoms with Crippen LogP contribution in [0.2, 0.25) is 0 Å². The molecule has 0 unspecified atom stereocenters. The van der Waals surface area contributed by atoms with Crippen molar-refractivity contribution in [3.05, 3.63) is 36.7 Å². The highest BCUT2D eigenvalue weighted by Gasteiger charge is 1.98. The van der Waals surface area contributed by atoms with Crippen LogP contribution in [0.15, 0.2) is 36.7 Å². The van der Waals surface area contributed by atoms with E-state index < -0.39 is 11.9 Å². The van der Waals surface area contributed by atoms with E-state index in [0.717, 1.165) is 25.7 Å². The minimum atomic E-state index is -0.665. The zero-order chi connectivity index (χ0) is 25.7. The molecule has 0 spiro atoms. The van der Waals surface area contributed by atoms with E-state index in [1.807, 2.05) is 36.7 Å². The minimum Gasteiger partial charge on any atom is -0.481 e. The lowest BCUT2D eigenvalue weighted by Crippen LogP contribution is -1.93. The maximum absolute atomic E-state index is 10.4. The molecular weight excluding hydrogens is 438 g/mol. The van der Waals surface area contributed by atoms with Crippen molar-refractivity contribution in [1.29, 1.82) is 0 Å². The van der Waals surface area contributed by atoms with Crippen molar-refractivity contribution < 1.29 is 19.8 Å². The maximum atomic E-state index is 10.4. The summed E-state index contributed by atoms with van der Waals surface area (Å²) in [5.41, 5.74) is 0. The number of allylic oxidation sites excluding steroid dienone is 4. The average Bonchev–Trinajstić information content (AvgIpc) is 3.15. The van der Waals surface area contributed by atoms with Crippen molar-refractivity contribution in [1.82, 2.24) is 5.32 Å². The molecule has 0 fully saturated rings. The number of aliphatic carboxylic acids is 2. The van der Waals surface area contributed by atoms with Gasteiger partial charge in [0.2, 0.25) is 0 Å². The van der Waals surface area contributed by atoms with Gasteiger partial charge in [0.05, 0.1) is 0 Å². The van der Waals surface area contributed by atoms with Gasteiger partial charge in [-0.3, -0.25) is 9.59 Å². The third-order valence-electron chi connectivity index (χ3n) is 6.25. The molecule has 202 valence electrons. The molecule has 0 saturated carbocycles. The van der Waals surface area contributed by atoms with Gasteiger partial charge in [-0.05, 0) is 25.0 Å². The van der Waals surface area contributed by atoms with Crippen LogP contribution in [-0.2, 0) is 9.59 Å². The van der Waals surface area contributed by atoms with Crippen LogP contribution in [0.1, 0.15) is 141 Å². The largest absolute Gasteiger partial charge is 0.481 e. The zero-order valence-electron chi connectivity index (χ0n) is 22.2. The second-order valence-corrected chi connectivity index (χ2v) is 9.63. The molecule has 0 aromatic heterocycles. The molecule has 0 bridgehead atoms. The van der Waals surface area contributed by atoms with Gasteiger partial charge < -0.3 is 15.5 Å². The van der Waals surface area contributed by atoms with E-state index in [1.54, 1.807) is 0 Å². The molecule has 35 heavy (non-hydrogen) atoms. The maximum Gasteiger partial charge on any atom is 0.303 e. The number of carboxylic acid groups (broad SMARTS) is 2. The molecule has 0 amide bonds. The van der Waals surface area contributed by atoms with Gasteiger partial charge in [-0.15, -0.1) is 0 Å². The standard InChI is InChI=1S/C24H46O4.C6H7N/c25-23(26)21-19-17-15-13-11-9-7-5-3-1-2-4-6-8-10-12-14-16-18-20-22-24(27)28;1-2-4-6-7-5-3-1/h1-22H2,(H,25,26)(H,27,28);1-7H. The fourth-order valence-electron chi connectivity index (χ4n) is 4.14. The summed E-state index contributed by atoms with van der Waals surface area (Å²) in [5.74, 6) is -1.33. The van der Waals surface area contributed by atoms with Crippen LogP contribution >= 0.6 is 0 Å². The Morgan fingerprint density at radius 3 is 0.857 bits per heavy atom. The van der Waals surface area contributed by atoms with Crippen molar-refractivity contribution in [3.8, 4) is 0 Å². The highest BCUT2D eigenvalue weighted by Crippen LogP contribution is 2.15. The van der Waals surface area contributed by atoms with Crippen LogP contribution < -0.4 is 5.32 Å². The van der Waals surface area contributed by atoms with Gasteiger partial charge in [0.1, 0.15) is 0 Å². The summed E-state index contributed by atoms with van der Waals surface area (Å²) in [4.78, 5) is 20.8. The van der Waals surface area contributed by atoms with E-state index in [2.05, 4.69) is 5.32 Å². The second-order valence-electron chi connectivity index (χ2n) is 9.63. The normalized spacial score (nSPS) is 12.0. The first-order valence-electron chi connectivity index (χ1n) is 14.3. The zero-order valence-corrected chi connectivity index (χ0v) is 22.2. The molecule has 0 aromatic carbocycles. The summed E-state index contributed by atoms with van der Waals surface area (Å²) in [5, 5.41) is 20.1. The molecular formula is C30H53NO4. The number of rotatable bonds is 23. The number of hydrogen-bond acceptors (Lipinski definition) is 3. The second kappa shape index (κ2) is 28.2. The monoisotopic (exact) mass is 491 g/mol. The van der Waals surface area contributed by atoms with Gasteiger partial charge in [0.25, 0.3) is 0 Å². The molecule has 5 nitrogen and oxygen atoms in total. The van der Waals surface area contributed by atoms with Crippen molar-refractivity contribution >= 4 is 11.9 Å². The van der Waals surface area contributed by atoms with Crippen LogP contribution in [0.3, 0.4) is 0 Å². The summed E-state index contributed by atoms with van der Waals surface area (Å²) in [6.45, 7) is 0. The lowest BCUT2D eigenvalue weighted by molar-refractivity contribution is -0.138. The average molecular weight is 492 g/mol. The number of unbranched alkanes of at least 4 members (excludes halogenated alkanes) is 19. The fourth-order valence-corrected chi connectivity index (χ4v) is 4.14. The van der Waals surface area contributed by atoms with Crippen LogP contribution in [0, 0.1) is 0 Å². The third kappa shape index (κ3) is 32.0. The first-order chi connectivity index (χ1) is 17.1. The molecule has 1 aliphatic heterocycles. The van der Waals surface area contributed by atoms with Gasteiger partial charge in [0.15, 0.2) is 0 Å². The highest BCUT2D eigenvalue weighted by molar-refractivity contribution is 5.66. The van der Waals surface area contributed by atoms with Crippen LogP contribution in [0.4, 0.5) is 0 Å². The van der Waals surface area contributed by atoms with Gasteiger partial charge in [-0.1, -0.05) is 128 Å². The fraction of sp³-hybridized carbons (Fsp3) is 0.733. The molecule has 0 radical (unpaired) electrons. The lowest BCUT2D eigenvalue weighted by atomic mass is 10.0. The van der Waals surface area contributed by atoms with E-state index in [4.69, 9.17) is 10.2 Å². The van der Waals surface area contributed by atoms with E-state index in [0.29, 0.717) is 12.8 Å². The van der Waals surface area contributed by atoms with Crippen molar-refractivity contribution in [2.45, 2.75) is 141 Å². The molecule has 1 heterocycles. The number of hydrogen-bond donors (Lipinski definition) is 3. The molecule has 0 saturated heterocycles. The molecule has 3 N–H and O–H groups in total. The smallest absolute Gasteiger partial charge is 0.303 e. The van der Waals surface area contributed by atoms with E-state index in [1.165, 1.54) is 103 Å². The Bertz CT molecular complexity index is 521. The predicted octanol–water partition coefficient (Wildman–Crippen LogP) is 8.91. The van der Waals surface area contributed by atoms with Gasteiger partial charge in [-0.25, -0.2) is 0 Å². The molecule has 0 aliphatic carbocycles. The van der Waals surface area contributed by atoms with E-state index >= 15 is 0 Å². The Morgan fingerprint density at radius 1 is 0.400 bits per heavy atom. The van der Waals surface area contributed by atoms with Crippen molar-refractivity contribution in [2.24, 2.45) is 0 Å². The lowest BCUT2D eigenvalue weighted by Gasteiger charge is -2.04. The molecule has 5 heteroatoms. The Morgan fingerprint density at radius 2 is 0.629 bits per heavy atom. The highest BCUT2D eigenvalue weighted by atomic mass is 16.4. The molecule has 0 atom stereocenters. The van der Waals surface area contributed by atoms with Gasteiger partial charge in [-0.2, -0.15) is 0 Å². The van der Waals surface area contributed by atoms with Gasteiger partial charge >= 0.3 is 11.9 Å². The first-order valence-corrected chi connectivity index (χ1v) is 14.3. The van der Waals surface area contributed by atoms with Crippen LogP contribution in [-0.4, -0.2) is 22.2 Å². The quantitative estimate of drug-likeness (QED) is 0.124. The van der Waals surface area contributed by atoms with Crippen LogP contribution in [0.25, 0.3) is 0 Å². The topological polar surface area (TPSA) is 86.6 Å². The first kappa shape index (κ1) is 33.0. The Balaban J connectivity index is 0.00000140. The summed E-state index contributed by atoms with van der Waals surface area (Å²) >= 11 is 0. The Kier molecular flexibility index (Phi) is 26.6. The predicted molar refractivity (Wildman–Crippen MR) is 147 cm³/mol. The van der Waals surface area contributed by atoms with E-state index in [9.17, 15) is 9.59 Å². The summed E-state index contributed by atoms with van der Waals surface area (Å²) < 4.78 is 0. The Hall–Kier alpha value is -2.04. The van der Waals surface area contributed by atoms with E-state index in [-0.39, 0.29) is 0 Å². The SMILES string of the molecule is C1=CC=CNC=C1.O=C(O)CCCCCCCCCCCCCCCCCCCCCCC(=O)O. The van der Waals surface area contributed by atoms with Crippen molar-refractivity contribution in [2.75, 3.05) is 0 Å². The molecule has 0 aromatic rings.